The van der Waals surface area contributed by atoms with Gasteiger partial charge in [0, 0.05) is 20.6 Å². The zero-order valence-electron chi connectivity index (χ0n) is 9.34. The van der Waals surface area contributed by atoms with E-state index >= 15 is 0 Å². The zero-order valence-corrected chi connectivity index (χ0v) is 9.34. The van der Waals surface area contributed by atoms with Gasteiger partial charge in [-0.1, -0.05) is 20.3 Å². The van der Waals surface area contributed by atoms with Gasteiger partial charge in [0.1, 0.15) is 0 Å². The Kier molecular flexibility index (Phi) is 4.16. The fraction of sp³-hybridized carbons (Fsp3) is 0.417. The number of hydrogen-bond donors (Lipinski definition) is 2. The molecule has 1 heterocycles. The van der Waals surface area contributed by atoms with Crippen LogP contribution in [-0.4, -0.2) is 5.91 Å². The van der Waals surface area contributed by atoms with Crippen LogP contribution in [0.25, 0.3) is 0 Å². The second-order valence-electron chi connectivity index (χ2n) is 3.67. The molecule has 0 aliphatic carbocycles. The molecule has 1 aromatic carbocycles. The Bertz CT molecular complexity index is 356. The Morgan fingerprint density at radius 3 is 2.73 bits per heavy atom. The first-order valence-electron chi connectivity index (χ1n) is 5.35. The Hall–Kier alpha value is -1.51. The number of hydrogen-bond acceptors (Lipinski definition) is 2. The number of nitrogens with one attached hydrogen (secondary N) is 1. The van der Waals surface area contributed by atoms with Gasteiger partial charge in [-0.05, 0) is 30.2 Å². The monoisotopic (exact) mass is 210 g/mol. The smallest absolute Gasteiger partial charge is 0.224 e. The maximum Gasteiger partial charge on any atom is 0.224 e. The van der Waals surface area contributed by atoms with Gasteiger partial charge < -0.3 is 11.1 Å². The molecule has 2 rings (SSSR count). The molecule has 0 radical (unpaired) electrons. The molecule has 0 unspecified atom stereocenters. The maximum atomic E-state index is 11.0. The van der Waals surface area contributed by atoms with Crippen molar-refractivity contribution in [3.63, 3.8) is 0 Å². The fourth-order valence-electron chi connectivity index (χ4n) is 1.40. The van der Waals surface area contributed by atoms with Gasteiger partial charge in [0.05, 0.1) is 0 Å². The van der Waals surface area contributed by atoms with Crippen LogP contribution in [-0.2, 0) is 11.2 Å². The van der Waals surface area contributed by atoms with E-state index in [0.29, 0.717) is 6.42 Å². The van der Waals surface area contributed by atoms with E-state index in [1.165, 1.54) is 6.42 Å². The lowest BCUT2D eigenvalue weighted by atomic mass is 10.0. The van der Waals surface area contributed by atoms with Crippen molar-refractivity contribution >= 4 is 17.3 Å². The summed E-state index contributed by atoms with van der Waals surface area (Å²) in [6.07, 6.45) is 2.61. The van der Waals surface area contributed by atoms with Crippen LogP contribution in [0.3, 0.4) is 0 Å². The van der Waals surface area contributed by atoms with Gasteiger partial charge in [-0.2, -0.15) is 0 Å². The number of nitrogen functional groups attached to an aromatic ring is 1. The third-order valence-electron chi connectivity index (χ3n) is 2.02. The second-order valence-corrected chi connectivity index (χ2v) is 3.67. The molecule has 0 atom stereocenters. The summed E-state index contributed by atoms with van der Waals surface area (Å²) in [6.45, 7) is 4.25. The molecule has 0 saturated heterocycles. The van der Waals surface area contributed by atoms with Crippen LogP contribution < -0.4 is 11.1 Å². The molecule has 3 nitrogen and oxygen atoms in total. The largest absolute Gasteiger partial charge is 0.399 e. The van der Waals surface area contributed by atoms with Crippen molar-refractivity contribution < 1.29 is 7.65 Å². The SMILES string of the molecule is CCC.Nc1ccc2c(c1)CCC(=O)N2.[HH].[HH]. The van der Waals surface area contributed by atoms with E-state index in [1.807, 2.05) is 12.1 Å². The topological polar surface area (TPSA) is 55.1 Å². The van der Waals surface area contributed by atoms with E-state index in [0.717, 1.165) is 23.4 Å². The lowest BCUT2D eigenvalue weighted by molar-refractivity contribution is -0.116. The van der Waals surface area contributed by atoms with Gasteiger partial charge in [-0.15, -0.1) is 0 Å². The summed E-state index contributed by atoms with van der Waals surface area (Å²) in [5, 5.41) is 2.79. The number of rotatable bonds is 0. The molecule has 1 aliphatic heterocycles. The molecule has 15 heavy (non-hydrogen) atoms. The quantitative estimate of drug-likeness (QED) is 0.647. The average Bonchev–Trinajstić information content (AvgIpc) is 2.20. The normalized spacial score (nSPS) is 13.3. The van der Waals surface area contributed by atoms with Crippen LogP contribution in [0.5, 0.6) is 0 Å². The second kappa shape index (κ2) is 5.39. The van der Waals surface area contributed by atoms with Crippen LogP contribution in [0.15, 0.2) is 18.2 Å². The summed E-state index contributed by atoms with van der Waals surface area (Å²) in [5.74, 6) is 0.0901. The number of anilines is 2. The van der Waals surface area contributed by atoms with E-state index in [2.05, 4.69) is 19.2 Å². The maximum absolute atomic E-state index is 11.0. The Morgan fingerprint density at radius 2 is 2.07 bits per heavy atom. The molecule has 1 aliphatic rings. The lowest BCUT2D eigenvalue weighted by Crippen LogP contribution is -2.18. The van der Waals surface area contributed by atoms with Crippen LogP contribution in [0.1, 0.15) is 35.1 Å². The van der Waals surface area contributed by atoms with Gasteiger partial charge in [-0.3, -0.25) is 4.79 Å². The van der Waals surface area contributed by atoms with Gasteiger partial charge in [-0.25, -0.2) is 0 Å². The van der Waals surface area contributed by atoms with Crippen molar-refractivity contribution in [3.05, 3.63) is 23.8 Å². The zero-order chi connectivity index (χ0) is 11.3. The third kappa shape index (κ3) is 3.27. The van der Waals surface area contributed by atoms with Crippen molar-refractivity contribution in [2.24, 2.45) is 0 Å². The highest BCUT2D eigenvalue weighted by Crippen LogP contribution is 2.23. The molecule has 0 bridgehead atoms. The summed E-state index contributed by atoms with van der Waals surface area (Å²) < 4.78 is 0. The first kappa shape index (κ1) is 11.6. The molecule has 0 aromatic heterocycles. The minimum atomic E-state index is 0. The number of benzene rings is 1. The highest BCUT2D eigenvalue weighted by atomic mass is 16.1. The number of amides is 1. The standard InChI is InChI=1S/C9H10N2O.C3H8.2H2/c10-7-2-3-8-6(5-7)1-4-9(12)11-8;1-3-2;;/h2-3,5H,1,4,10H2,(H,11,12);3H2,1-2H3;2*1H. The van der Waals surface area contributed by atoms with E-state index in [1.54, 1.807) is 6.07 Å². The predicted octanol–water partition coefficient (Wildman–Crippen LogP) is 3.06. The van der Waals surface area contributed by atoms with Gasteiger partial charge in [0.25, 0.3) is 0 Å². The lowest BCUT2D eigenvalue weighted by Gasteiger charge is -2.16. The fourth-order valence-corrected chi connectivity index (χ4v) is 1.40. The first-order chi connectivity index (χ1) is 7.17. The third-order valence-corrected chi connectivity index (χ3v) is 2.02. The minimum Gasteiger partial charge on any atom is -0.399 e. The molecule has 1 amide bonds. The summed E-state index contributed by atoms with van der Waals surface area (Å²) in [6, 6.07) is 5.56. The van der Waals surface area contributed by atoms with Crippen molar-refractivity contribution in [2.45, 2.75) is 33.1 Å². The number of carbonyl (C=O) groups excluding carboxylic acids is 1. The van der Waals surface area contributed by atoms with Crippen LogP contribution in [0.2, 0.25) is 0 Å². The highest BCUT2D eigenvalue weighted by molar-refractivity contribution is 5.94. The van der Waals surface area contributed by atoms with E-state index in [4.69, 9.17) is 5.73 Å². The Labute approximate surface area is 93.6 Å². The number of fused-ring (bicyclic) bond motifs is 1. The average molecular weight is 210 g/mol. The molecule has 3 N–H and O–H groups in total. The van der Waals surface area contributed by atoms with Crippen molar-refractivity contribution in [3.8, 4) is 0 Å². The highest BCUT2D eigenvalue weighted by Gasteiger charge is 2.13. The van der Waals surface area contributed by atoms with Crippen LogP contribution >= 0.6 is 0 Å². The number of aryl methyl sites for hydroxylation is 1. The molecule has 0 saturated carbocycles. The predicted molar refractivity (Wildman–Crippen MR) is 68.0 cm³/mol. The summed E-state index contributed by atoms with van der Waals surface area (Å²) in [5.41, 5.74) is 8.40. The summed E-state index contributed by atoms with van der Waals surface area (Å²) in [4.78, 5) is 11.0. The molecule has 3 heteroatoms. The first-order valence-corrected chi connectivity index (χ1v) is 5.35. The van der Waals surface area contributed by atoms with Crippen molar-refractivity contribution in [1.82, 2.24) is 0 Å². The molecule has 0 fully saturated rings. The Balaban J connectivity index is 0. The van der Waals surface area contributed by atoms with Crippen LogP contribution in [0, 0.1) is 0 Å². The molecule has 86 valence electrons. The molecular weight excluding hydrogens is 188 g/mol. The van der Waals surface area contributed by atoms with Crippen LogP contribution in [0.4, 0.5) is 11.4 Å². The summed E-state index contributed by atoms with van der Waals surface area (Å²) >= 11 is 0. The number of carbonyl (C=O) groups is 1. The molecule has 1 aromatic rings. The van der Waals surface area contributed by atoms with Crippen molar-refractivity contribution in [1.29, 1.82) is 0 Å². The van der Waals surface area contributed by atoms with Gasteiger partial charge in [0.15, 0.2) is 0 Å². The van der Waals surface area contributed by atoms with E-state index in [9.17, 15) is 4.79 Å². The van der Waals surface area contributed by atoms with E-state index in [-0.39, 0.29) is 8.76 Å². The molecule has 0 spiro atoms. The van der Waals surface area contributed by atoms with Gasteiger partial charge in [0.2, 0.25) is 5.91 Å². The Morgan fingerprint density at radius 1 is 1.40 bits per heavy atom. The van der Waals surface area contributed by atoms with Gasteiger partial charge >= 0.3 is 0 Å². The molecular formula is C12H22N2O. The summed E-state index contributed by atoms with van der Waals surface area (Å²) in [7, 11) is 0. The minimum absolute atomic E-state index is 0. The van der Waals surface area contributed by atoms with Crippen molar-refractivity contribution in [2.75, 3.05) is 11.1 Å². The van der Waals surface area contributed by atoms with E-state index < -0.39 is 0 Å². The number of nitrogens with two attached hydrogens (primary N) is 1.